The Kier molecular flexibility index (Phi) is 2.95. The molecule has 1 fully saturated rings. The number of halogens is 3. The monoisotopic (exact) mass is 183 g/mol. The zero-order valence-corrected chi connectivity index (χ0v) is 6.64. The van der Waals surface area contributed by atoms with Crippen LogP contribution in [0.5, 0.6) is 0 Å². The van der Waals surface area contributed by atoms with E-state index in [0.29, 0.717) is 0 Å². The van der Waals surface area contributed by atoms with Crippen LogP contribution in [-0.2, 0) is 0 Å². The first kappa shape index (κ1) is 9.80. The van der Waals surface area contributed by atoms with Crippen molar-refractivity contribution in [3.05, 3.63) is 0 Å². The molecule has 1 aliphatic heterocycles. The molecule has 1 aliphatic rings. The van der Waals surface area contributed by atoms with E-state index in [0.717, 1.165) is 0 Å². The lowest BCUT2D eigenvalue weighted by Gasteiger charge is -2.34. The van der Waals surface area contributed by atoms with E-state index in [1.54, 1.807) is 0 Å². The maximum atomic E-state index is 12.7. The number of aliphatic hydroxyl groups is 1. The van der Waals surface area contributed by atoms with E-state index in [1.807, 2.05) is 0 Å². The zero-order valence-electron chi connectivity index (χ0n) is 6.64. The van der Waals surface area contributed by atoms with E-state index >= 15 is 0 Å². The van der Waals surface area contributed by atoms with Crippen molar-refractivity contribution in [1.29, 1.82) is 0 Å². The van der Waals surface area contributed by atoms with E-state index in [2.05, 4.69) is 0 Å². The fraction of sp³-hybridized carbons (Fsp3) is 1.00. The van der Waals surface area contributed by atoms with Gasteiger partial charge in [-0.3, -0.25) is 4.90 Å². The van der Waals surface area contributed by atoms with Gasteiger partial charge in [0.05, 0.1) is 12.6 Å². The number of hydrogen-bond donors (Lipinski definition) is 1. The Morgan fingerprint density at radius 2 is 2.17 bits per heavy atom. The van der Waals surface area contributed by atoms with Crippen LogP contribution in [0, 0.1) is 0 Å². The summed E-state index contributed by atoms with van der Waals surface area (Å²) in [6.07, 6.45) is -1.53. The van der Waals surface area contributed by atoms with Gasteiger partial charge in [0.25, 0.3) is 5.92 Å². The number of aliphatic hydroxyl groups excluding tert-OH is 1. The highest BCUT2D eigenvalue weighted by Gasteiger charge is 2.39. The summed E-state index contributed by atoms with van der Waals surface area (Å²) in [5.74, 6) is -2.87. The number of piperidine rings is 1. The number of likely N-dealkylation sites (tertiary alicyclic amines) is 1. The van der Waals surface area contributed by atoms with Crippen molar-refractivity contribution in [3.8, 4) is 0 Å². The average Bonchev–Trinajstić information content (AvgIpc) is 1.82. The highest BCUT2D eigenvalue weighted by atomic mass is 19.3. The Bertz CT molecular complexity index is 154. The summed E-state index contributed by atoms with van der Waals surface area (Å²) in [4.78, 5) is 1.24. The minimum Gasteiger partial charge on any atom is -0.392 e. The van der Waals surface area contributed by atoms with Crippen LogP contribution < -0.4 is 0 Å². The van der Waals surface area contributed by atoms with Crippen molar-refractivity contribution in [2.75, 3.05) is 26.3 Å². The third-order valence-corrected chi connectivity index (χ3v) is 1.86. The second-order valence-electron chi connectivity index (χ2n) is 3.14. The van der Waals surface area contributed by atoms with Crippen LogP contribution in [0.1, 0.15) is 6.42 Å². The van der Waals surface area contributed by atoms with E-state index in [9.17, 15) is 13.2 Å². The van der Waals surface area contributed by atoms with E-state index in [4.69, 9.17) is 5.11 Å². The van der Waals surface area contributed by atoms with Gasteiger partial charge >= 0.3 is 0 Å². The van der Waals surface area contributed by atoms with Crippen molar-refractivity contribution in [3.63, 3.8) is 0 Å². The summed E-state index contributed by atoms with van der Waals surface area (Å²) in [7, 11) is 0. The smallest absolute Gasteiger partial charge is 0.263 e. The maximum Gasteiger partial charge on any atom is 0.263 e. The molecule has 0 aliphatic carbocycles. The van der Waals surface area contributed by atoms with Crippen molar-refractivity contribution in [2.24, 2.45) is 0 Å². The first-order valence-electron chi connectivity index (χ1n) is 3.88. The second kappa shape index (κ2) is 3.62. The lowest BCUT2D eigenvalue weighted by Crippen LogP contribution is -2.49. The quantitative estimate of drug-likeness (QED) is 0.679. The highest BCUT2D eigenvalue weighted by Crippen LogP contribution is 2.26. The van der Waals surface area contributed by atoms with Gasteiger partial charge in [-0.05, 0) is 0 Å². The molecule has 0 aromatic heterocycles. The number of rotatable bonds is 2. The summed E-state index contributed by atoms with van der Waals surface area (Å²) in [6.45, 7) is -0.955. The fourth-order valence-corrected chi connectivity index (χ4v) is 1.45. The van der Waals surface area contributed by atoms with Gasteiger partial charge < -0.3 is 5.11 Å². The molecule has 1 rings (SSSR count). The average molecular weight is 183 g/mol. The Hall–Kier alpha value is -0.290. The van der Waals surface area contributed by atoms with Crippen LogP contribution in [0.2, 0.25) is 0 Å². The molecule has 1 atom stereocenters. The highest BCUT2D eigenvalue weighted by molar-refractivity contribution is 4.83. The Labute approximate surface area is 69.0 Å². The predicted octanol–water partition coefficient (Wildman–Crippen LogP) is 0.658. The van der Waals surface area contributed by atoms with E-state index in [1.165, 1.54) is 4.90 Å². The number of nitrogens with zero attached hydrogens (tertiary/aromatic N) is 1. The van der Waals surface area contributed by atoms with Gasteiger partial charge in [-0.15, -0.1) is 0 Å². The summed E-state index contributed by atoms with van der Waals surface area (Å²) in [5, 5.41) is 9.00. The number of β-amino-alcohol motifs (C(OH)–C–C–N with tert-alkyl or cyclic N) is 1. The molecule has 1 saturated heterocycles. The molecule has 0 amide bonds. The van der Waals surface area contributed by atoms with Crippen LogP contribution in [0.4, 0.5) is 13.2 Å². The molecule has 0 aromatic carbocycles. The molecule has 0 aromatic rings. The Morgan fingerprint density at radius 1 is 1.50 bits per heavy atom. The number of alkyl halides is 3. The molecule has 0 bridgehead atoms. The Balaban J connectivity index is 2.46. The molecular formula is C7H12F3NO. The second-order valence-corrected chi connectivity index (χ2v) is 3.14. The third kappa shape index (κ3) is 2.64. The molecule has 1 unspecified atom stereocenters. The predicted molar refractivity (Wildman–Crippen MR) is 38.0 cm³/mol. The fourth-order valence-electron chi connectivity index (χ4n) is 1.45. The minimum absolute atomic E-state index is 0.0212. The summed E-state index contributed by atoms with van der Waals surface area (Å²) < 4.78 is 37.2. The SMILES string of the molecule is OC1CN(CCF)CC(F)(F)C1. The van der Waals surface area contributed by atoms with Crippen LogP contribution in [0.15, 0.2) is 0 Å². The molecule has 0 radical (unpaired) electrons. The minimum atomic E-state index is -2.87. The van der Waals surface area contributed by atoms with E-state index < -0.39 is 31.7 Å². The van der Waals surface area contributed by atoms with Crippen molar-refractivity contribution in [2.45, 2.75) is 18.4 Å². The van der Waals surface area contributed by atoms with E-state index in [-0.39, 0.29) is 13.1 Å². The van der Waals surface area contributed by atoms with Gasteiger partial charge in [0.15, 0.2) is 0 Å². The Morgan fingerprint density at radius 3 is 2.67 bits per heavy atom. The van der Waals surface area contributed by atoms with Gasteiger partial charge in [0, 0.05) is 19.5 Å². The third-order valence-electron chi connectivity index (χ3n) is 1.86. The topological polar surface area (TPSA) is 23.5 Å². The maximum absolute atomic E-state index is 12.7. The van der Waals surface area contributed by atoms with Crippen LogP contribution in [-0.4, -0.2) is 48.3 Å². The molecule has 2 nitrogen and oxygen atoms in total. The normalized spacial score (nSPS) is 30.5. The van der Waals surface area contributed by atoms with Crippen LogP contribution in [0.25, 0.3) is 0 Å². The first-order chi connectivity index (χ1) is 5.53. The molecule has 5 heteroatoms. The van der Waals surface area contributed by atoms with Crippen molar-refractivity contribution < 1.29 is 18.3 Å². The molecule has 0 saturated carbocycles. The summed E-state index contributed by atoms with van der Waals surface area (Å²) in [5.41, 5.74) is 0. The van der Waals surface area contributed by atoms with Crippen LogP contribution >= 0.6 is 0 Å². The molecule has 12 heavy (non-hydrogen) atoms. The molecule has 0 spiro atoms. The first-order valence-corrected chi connectivity index (χ1v) is 3.88. The van der Waals surface area contributed by atoms with Gasteiger partial charge in [-0.2, -0.15) is 0 Å². The van der Waals surface area contributed by atoms with Gasteiger partial charge in [-0.1, -0.05) is 0 Å². The van der Waals surface area contributed by atoms with Crippen LogP contribution in [0.3, 0.4) is 0 Å². The summed E-state index contributed by atoms with van der Waals surface area (Å²) in [6, 6.07) is 0. The zero-order chi connectivity index (χ0) is 9.19. The largest absolute Gasteiger partial charge is 0.392 e. The number of hydrogen-bond acceptors (Lipinski definition) is 2. The van der Waals surface area contributed by atoms with Gasteiger partial charge in [-0.25, -0.2) is 13.2 Å². The van der Waals surface area contributed by atoms with Gasteiger partial charge in [0.2, 0.25) is 0 Å². The molecule has 1 N–H and O–H groups in total. The molecular weight excluding hydrogens is 171 g/mol. The standard InChI is InChI=1S/C7H12F3NO/c8-1-2-11-4-6(12)3-7(9,10)5-11/h6,12H,1-5H2. The molecule has 1 heterocycles. The summed E-state index contributed by atoms with van der Waals surface area (Å²) >= 11 is 0. The lowest BCUT2D eigenvalue weighted by atomic mass is 10.1. The van der Waals surface area contributed by atoms with Crippen molar-refractivity contribution in [1.82, 2.24) is 4.90 Å². The molecule has 72 valence electrons. The van der Waals surface area contributed by atoms with Gasteiger partial charge in [0.1, 0.15) is 6.67 Å². The van der Waals surface area contributed by atoms with Crippen molar-refractivity contribution >= 4 is 0 Å². The lowest BCUT2D eigenvalue weighted by molar-refractivity contribution is -0.107.